The van der Waals surface area contributed by atoms with Gasteiger partial charge in [-0.05, 0) is 23.9 Å². The maximum Gasteiger partial charge on any atom is 0.488 e. The molecular formula is C11H14BNO3. The molecule has 16 heavy (non-hydrogen) atoms. The molecule has 84 valence electrons. The van der Waals surface area contributed by atoms with Crippen LogP contribution in [0, 0.1) is 0 Å². The van der Waals surface area contributed by atoms with E-state index in [1.165, 1.54) is 0 Å². The van der Waals surface area contributed by atoms with E-state index in [0.29, 0.717) is 17.9 Å². The molecule has 1 fully saturated rings. The van der Waals surface area contributed by atoms with Crippen LogP contribution in [0.3, 0.4) is 0 Å². The SMILES string of the molecule is O=C(Cc1ccc(B(O)O)cc1)NC1CC1. The molecule has 0 heterocycles. The average molecular weight is 219 g/mol. The Morgan fingerprint density at radius 3 is 2.44 bits per heavy atom. The summed E-state index contributed by atoms with van der Waals surface area (Å²) in [5, 5.41) is 20.7. The molecule has 1 saturated carbocycles. The van der Waals surface area contributed by atoms with Crippen molar-refractivity contribution in [3.05, 3.63) is 29.8 Å². The van der Waals surface area contributed by atoms with Crippen molar-refractivity contribution in [1.82, 2.24) is 5.32 Å². The van der Waals surface area contributed by atoms with Crippen LogP contribution in [0.15, 0.2) is 24.3 Å². The van der Waals surface area contributed by atoms with Crippen molar-refractivity contribution >= 4 is 18.5 Å². The summed E-state index contributed by atoms with van der Waals surface area (Å²) in [6, 6.07) is 7.09. The highest BCUT2D eigenvalue weighted by Crippen LogP contribution is 2.18. The number of hydrogen-bond acceptors (Lipinski definition) is 3. The van der Waals surface area contributed by atoms with Gasteiger partial charge >= 0.3 is 7.12 Å². The van der Waals surface area contributed by atoms with Crippen molar-refractivity contribution in [2.24, 2.45) is 0 Å². The molecule has 0 radical (unpaired) electrons. The Morgan fingerprint density at radius 2 is 1.94 bits per heavy atom. The molecule has 2 rings (SSSR count). The molecule has 4 nitrogen and oxygen atoms in total. The maximum absolute atomic E-state index is 11.5. The Morgan fingerprint density at radius 1 is 1.31 bits per heavy atom. The molecule has 0 spiro atoms. The summed E-state index contributed by atoms with van der Waals surface area (Å²) < 4.78 is 0. The van der Waals surface area contributed by atoms with Gasteiger partial charge in [-0.3, -0.25) is 4.79 Å². The third-order valence-corrected chi connectivity index (χ3v) is 2.59. The van der Waals surface area contributed by atoms with Crippen molar-refractivity contribution < 1.29 is 14.8 Å². The molecule has 3 N–H and O–H groups in total. The van der Waals surface area contributed by atoms with E-state index >= 15 is 0 Å². The van der Waals surface area contributed by atoms with E-state index in [9.17, 15) is 4.79 Å². The number of nitrogens with one attached hydrogen (secondary N) is 1. The van der Waals surface area contributed by atoms with Crippen LogP contribution in [0.25, 0.3) is 0 Å². The highest BCUT2D eigenvalue weighted by atomic mass is 16.4. The van der Waals surface area contributed by atoms with Gasteiger partial charge in [0, 0.05) is 6.04 Å². The largest absolute Gasteiger partial charge is 0.488 e. The first-order valence-corrected chi connectivity index (χ1v) is 5.39. The van der Waals surface area contributed by atoms with E-state index in [1.807, 2.05) is 0 Å². The molecule has 1 amide bonds. The number of rotatable bonds is 4. The van der Waals surface area contributed by atoms with Crippen LogP contribution in [0.1, 0.15) is 18.4 Å². The first-order valence-electron chi connectivity index (χ1n) is 5.39. The first kappa shape index (κ1) is 11.2. The third kappa shape index (κ3) is 3.08. The van der Waals surface area contributed by atoms with Gasteiger partial charge < -0.3 is 15.4 Å². The lowest BCUT2D eigenvalue weighted by atomic mass is 9.80. The predicted octanol–water partition coefficient (Wildman–Crippen LogP) is -0.813. The summed E-state index contributed by atoms with van der Waals surface area (Å²) in [6.07, 6.45) is 2.51. The van der Waals surface area contributed by atoms with Gasteiger partial charge in [0.15, 0.2) is 0 Å². The zero-order valence-electron chi connectivity index (χ0n) is 8.89. The van der Waals surface area contributed by atoms with E-state index in [1.54, 1.807) is 24.3 Å². The third-order valence-electron chi connectivity index (χ3n) is 2.59. The highest BCUT2D eigenvalue weighted by molar-refractivity contribution is 6.58. The quantitative estimate of drug-likeness (QED) is 0.580. The van der Waals surface area contributed by atoms with Crippen LogP contribution in [0.5, 0.6) is 0 Å². The maximum atomic E-state index is 11.5. The zero-order valence-corrected chi connectivity index (χ0v) is 8.89. The fourth-order valence-corrected chi connectivity index (χ4v) is 1.50. The van der Waals surface area contributed by atoms with E-state index in [-0.39, 0.29) is 5.91 Å². The number of carbonyl (C=O) groups is 1. The lowest BCUT2D eigenvalue weighted by Crippen LogP contribution is -2.30. The smallest absolute Gasteiger partial charge is 0.423 e. The van der Waals surface area contributed by atoms with Crippen LogP contribution >= 0.6 is 0 Å². The first-order chi connectivity index (χ1) is 7.65. The molecule has 0 aliphatic heterocycles. The highest BCUT2D eigenvalue weighted by Gasteiger charge is 2.23. The van der Waals surface area contributed by atoms with E-state index in [0.717, 1.165) is 18.4 Å². The van der Waals surface area contributed by atoms with Crippen LogP contribution in [0.4, 0.5) is 0 Å². The molecule has 5 heteroatoms. The zero-order chi connectivity index (χ0) is 11.5. The number of hydrogen-bond donors (Lipinski definition) is 3. The van der Waals surface area contributed by atoms with Crippen molar-refractivity contribution in [2.45, 2.75) is 25.3 Å². The Labute approximate surface area is 94.4 Å². The fraction of sp³-hybridized carbons (Fsp3) is 0.364. The minimum atomic E-state index is -1.45. The van der Waals surface area contributed by atoms with E-state index in [4.69, 9.17) is 10.0 Å². The Hall–Kier alpha value is -1.33. The van der Waals surface area contributed by atoms with Crippen LogP contribution < -0.4 is 10.8 Å². The topological polar surface area (TPSA) is 69.6 Å². The summed E-state index contributed by atoms with van der Waals surface area (Å²) in [5.41, 5.74) is 1.31. The second-order valence-corrected chi connectivity index (χ2v) is 4.13. The predicted molar refractivity (Wildman–Crippen MR) is 61.1 cm³/mol. The molecule has 0 unspecified atom stereocenters. The van der Waals surface area contributed by atoms with Gasteiger partial charge in [0.25, 0.3) is 0 Å². The van der Waals surface area contributed by atoms with Crippen LogP contribution in [-0.2, 0) is 11.2 Å². The van der Waals surface area contributed by atoms with Gasteiger partial charge in [-0.25, -0.2) is 0 Å². The van der Waals surface area contributed by atoms with Gasteiger partial charge in [0.05, 0.1) is 6.42 Å². The lowest BCUT2D eigenvalue weighted by molar-refractivity contribution is -0.120. The van der Waals surface area contributed by atoms with Gasteiger partial charge in [-0.15, -0.1) is 0 Å². The van der Waals surface area contributed by atoms with Crippen molar-refractivity contribution in [1.29, 1.82) is 0 Å². The van der Waals surface area contributed by atoms with Gasteiger partial charge in [0.1, 0.15) is 0 Å². The molecule has 0 saturated heterocycles. The van der Waals surface area contributed by atoms with E-state index in [2.05, 4.69) is 5.32 Å². The lowest BCUT2D eigenvalue weighted by Gasteiger charge is -2.04. The summed E-state index contributed by atoms with van der Waals surface area (Å²) in [5.74, 6) is 0.0276. The molecule has 1 aromatic carbocycles. The second-order valence-electron chi connectivity index (χ2n) is 4.13. The number of carbonyl (C=O) groups excluding carboxylic acids is 1. The van der Waals surface area contributed by atoms with E-state index < -0.39 is 7.12 Å². The standard InChI is InChI=1S/C11H14BNO3/c14-11(13-10-5-6-10)7-8-1-3-9(4-2-8)12(15)16/h1-4,10,15-16H,5-7H2,(H,13,14). The average Bonchev–Trinajstić information content (AvgIpc) is 3.02. The summed E-state index contributed by atoms with van der Waals surface area (Å²) >= 11 is 0. The molecule has 0 aromatic heterocycles. The fourth-order valence-electron chi connectivity index (χ4n) is 1.50. The minimum Gasteiger partial charge on any atom is -0.423 e. The summed E-state index contributed by atoms with van der Waals surface area (Å²) in [6.45, 7) is 0. The molecule has 0 bridgehead atoms. The molecule has 0 atom stereocenters. The monoisotopic (exact) mass is 219 g/mol. The number of amides is 1. The van der Waals surface area contributed by atoms with Crippen molar-refractivity contribution in [3.63, 3.8) is 0 Å². The molecule has 1 aromatic rings. The van der Waals surface area contributed by atoms with Crippen LogP contribution in [0.2, 0.25) is 0 Å². The van der Waals surface area contributed by atoms with Crippen LogP contribution in [-0.4, -0.2) is 29.1 Å². The normalized spacial score (nSPS) is 14.6. The minimum absolute atomic E-state index is 0.0276. The van der Waals surface area contributed by atoms with Crippen molar-refractivity contribution in [2.75, 3.05) is 0 Å². The van der Waals surface area contributed by atoms with Crippen molar-refractivity contribution in [3.8, 4) is 0 Å². The Kier molecular flexibility index (Phi) is 3.26. The Bertz CT molecular complexity index is 373. The Balaban J connectivity index is 1.90. The molecule has 1 aliphatic rings. The van der Waals surface area contributed by atoms with Gasteiger partial charge in [0.2, 0.25) is 5.91 Å². The van der Waals surface area contributed by atoms with Gasteiger partial charge in [-0.1, -0.05) is 24.3 Å². The molecule has 1 aliphatic carbocycles. The molecular weight excluding hydrogens is 205 g/mol. The van der Waals surface area contributed by atoms with Gasteiger partial charge in [-0.2, -0.15) is 0 Å². The summed E-state index contributed by atoms with van der Waals surface area (Å²) in [4.78, 5) is 11.5. The second kappa shape index (κ2) is 4.68. The summed E-state index contributed by atoms with van der Waals surface area (Å²) in [7, 11) is -1.45. The number of benzene rings is 1.